The quantitative estimate of drug-likeness (QED) is 0.778. The Hall–Kier alpha value is -2.57. The van der Waals surface area contributed by atoms with Gasteiger partial charge >= 0.3 is 0 Å². The summed E-state index contributed by atoms with van der Waals surface area (Å²) in [5.41, 5.74) is 9.03. The summed E-state index contributed by atoms with van der Waals surface area (Å²) in [6.45, 7) is 3.35. The highest BCUT2D eigenvalue weighted by Gasteiger charge is 2.27. The summed E-state index contributed by atoms with van der Waals surface area (Å²) in [7, 11) is 1.88. The summed E-state index contributed by atoms with van der Waals surface area (Å²) in [5, 5.41) is 2.89. The number of rotatable bonds is 6. The van der Waals surface area contributed by atoms with Crippen molar-refractivity contribution < 1.29 is 9.59 Å². The van der Waals surface area contributed by atoms with Gasteiger partial charge in [-0.05, 0) is 37.1 Å². The molecule has 0 aliphatic carbocycles. The lowest BCUT2D eigenvalue weighted by molar-refractivity contribution is -0.117. The summed E-state index contributed by atoms with van der Waals surface area (Å²) in [4.78, 5) is 28.8. The van der Waals surface area contributed by atoms with Crippen LogP contribution < -0.4 is 16.0 Å². The van der Waals surface area contributed by atoms with E-state index in [0.717, 1.165) is 12.1 Å². The minimum Gasteiger partial charge on any atom is -0.361 e. The number of fused-ring (bicyclic) bond motifs is 1. The molecule has 1 aliphatic rings. The lowest BCUT2D eigenvalue weighted by Crippen LogP contribution is -2.44. The molecular formula is C21H27ClN4O2. The topological polar surface area (TPSA) is 78.7 Å². The van der Waals surface area contributed by atoms with E-state index >= 15 is 0 Å². The summed E-state index contributed by atoms with van der Waals surface area (Å²) >= 11 is 0. The van der Waals surface area contributed by atoms with Crippen LogP contribution in [-0.2, 0) is 11.2 Å². The third-order valence-electron chi connectivity index (χ3n) is 5.04. The van der Waals surface area contributed by atoms with Crippen LogP contribution >= 0.6 is 12.4 Å². The van der Waals surface area contributed by atoms with Crippen molar-refractivity contribution >= 4 is 35.6 Å². The zero-order chi connectivity index (χ0) is 19.4. The average molecular weight is 403 g/mol. The molecule has 1 unspecified atom stereocenters. The van der Waals surface area contributed by atoms with E-state index in [-0.39, 0.29) is 30.3 Å². The van der Waals surface area contributed by atoms with Crippen LogP contribution in [0.5, 0.6) is 0 Å². The molecule has 7 heteroatoms. The number of hydrogen-bond donors (Lipinski definition) is 2. The molecular weight excluding hydrogens is 376 g/mol. The second-order valence-corrected chi connectivity index (χ2v) is 6.82. The smallest absolute Gasteiger partial charge is 0.253 e. The molecule has 6 nitrogen and oxygen atoms in total. The average Bonchev–Trinajstić information content (AvgIpc) is 2.69. The van der Waals surface area contributed by atoms with Gasteiger partial charge in [-0.15, -0.1) is 12.4 Å². The number of carbonyl (C=O) groups is 2. The minimum atomic E-state index is -0.237. The minimum absolute atomic E-state index is 0. The van der Waals surface area contributed by atoms with Gasteiger partial charge in [-0.2, -0.15) is 0 Å². The lowest BCUT2D eigenvalue weighted by Gasteiger charge is -2.33. The van der Waals surface area contributed by atoms with Gasteiger partial charge in [0.25, 0.3) is 5.91 Å². The zero-order valence-electron chi connectivity index (χ0n) is 16.2. The van der Waals surface area contributed by atoms with E-state index in [0.29, 0.717) is 30.9 Å². The second kappa shape index (κ2) is 9.57. The molecule has 0 saturated carbocycles. The van der Waals surface area contributed by atoms with Gasteiger partial charge < -0.3 is 20.9 Å². The predicted octanol–water partition coefficient (Wildman–Crippen LogP) is 2.53. The van der Waals surface area contributed by atoms with Gasteiger partial charge in [-0.25, -0.2) is 0 Å². The highest BCUT2D eigenvalue weighted by Crippen LogP contribution is 2.32. The number of anilines is 2. The van der Waals surface area contributed by atoms with E-state index in [2.05, 4.69) is 17.4 Å². The number of carbonyl (C=O) groups excluding carboxylic acids is 2. The third kappa shape index (κ3) is 4.64. The van der Waals surface area contributed by atoms with E-state index in [9.17, 15) is 9.59 Å². The number of hydrogen-bond acceptors (Lipinski definition) is 4. The molecule has 0 saturated heterocycles. The SMILES string of the molecule is CC1C(=O)Nc2cc(C(=O)N(CCN)CCc3ccccc3)ccc2N1C.Cl. The number of halogens is 1. The van der Waals surface area contributed by atoms with E-state index in [4.69, 9.17) is 5.73 Å². The van der Waals surface area contributed by atoms with E-state index < -0.39 is 0 Å². The standard InChI is InChI=1S/C21H26N4O2.ClH/c1-15-20(26)23-18-14-17(8-9-19(18)24(15)2)21(27)25(13-11-22)12-10-16-6-4-3-5-7-16;/h3-9,14-15H,10-13,22H2,1-2H3,(H,23,26);1H. The fourth-order valence-corrected chi connectivity index (χ4v) is 3.26. The maximum atomic E-state index is 13.0. The molecule has 2 amide bonds. The van der Waals surface area contributed by atoms with E-state index in [1.54, 1.807) is 11.0 Å². The van der Waals surface area contributed by atoms with Gasteiger partial charge in [0.15, 0.2) is 0 Å². The zero-order valence-corrected chi connectivity index (χ0v) is 17.0. The van der Waals surface area contributed by atoms with Crippen LogP contribution in [0, 0.1) is 0 Å². The maximum absolute atomic E-state index is 13.0. The van der Waals surface area contributed by atoms with Gasteiger partial charge in [0, 0.05) is 32.2 Å². The number of nitrogens with two attached hydrogens (primary N) is 1. The van der Waals surface area contributed by atoms with Crippen molar-refractivity contribution in [1.29, 1.82) is 0 Å². The van der Waals surface area contributed by atoms with Crippen LogP contribution in [0.15, 0.2) is 48.5 Å². The first-order valence-electron chi connectivity index (χ1n) is 9.22. The monoisotopic (exact) mass is 402 g/mol. The molecule has 0 aromatic heterocycles. The number of nitrogens with zero attached hydrogens (tertiary/aromatic N) is 2. The van der Waals surface area contributed by atoms with Gasteiger partial charge in [0.05, 0.1) is 11.4 Å². The molecule has 0 spiro atoms. The van der Waals surface area contributed by atoms with Crippen molar-refractivity contribution in [2.75, 3.05) is 36.9 Å². The van der Waals surface area contributed by atoms with Gasteiger partial charge in [0.2, 0.25) is 5.91 Å². The largest absolute Gasteiger partial charge is 0.361 e. The molecule has 1 heterocycles. The molecule has 3 rings (SSSR count). The summed E-state index contributed by atoms with van der Waals surface area (Å²) in [6, 6.07) is 15.3. The van der Waals surface area contributed by atoms with E-state index in [1.165, 1.54) is 5.56 Å². The molecule has 150 valence electrons. The Morgan fingerprint density at radius 3 is 2.57 bits per heavy atom. The number of benzene rings is 2. The number of amides is 2. The molecule has 1 aliphatic heterocycles. The normalized spacial score (nSPS) is 15.3. The molecule has 2 aromatic carbocycles. The summed E-state index contributed by atoms with van der Waals surface area (Å²) in [6.07, 6.45) is 0.772. The van der Waals surface area contributed by atoms with Crippen molar-refractivity contribution in [2.24, 2.45) is 5.73 Å². The molecule has 3 N–H and O–H groups in total. The second-order valence-electron chi connectivity index (χ2n) is 6.82. The molecule has 0 fully saturated rings. The predicted molar refractivity (Wildman–Crippen MR) is 115 cm³/mol. The van der Waals surface area contributed by atoms with Crippen molar-refractivity contribution in [3.05, 3.63) is 59.7 Å². The molecule has 1 atom stereocenters. The number of likely N-dealkylation sites (N-methyl/N-ethyl adjacent to an activating group) is 1. The Kier molecular flexibility index (Phi) is 7.43. The van der Waals surface area contributed by atoms with Crippen LogP contribution in [0.4, 0.5) is 11.4 Å². The van der Waals surface area contributed by atoms with Crippen molar-refractivity contribution in [3.63, 3.8) is 0 Å². The third-order valence-corrected chi connectivity index (χ3v) is 5.04. The summed E-state index contributed by atoms with van der Waals surface area (Å²) in [5.74, 6) is -0.146. The van der Waals surface area contributed by atoms with Crippen molar-refractivity contribution in [3.8, 4) is 0 Å². The first kappa shape index (κ1) is 21.7. The Bertz CT molecular complexity index is 828. The number of nitrogens with one attached hydrogen (secondary N) is 1. The van der Waals surface area contributed by atoms with Crippen molar-refractivity contribution in [1.82, 2.24) is 4.90 Å². The van der Waals surface area contributed by atoms with Crippen LogP contribution in [0.2, 0.25) is 0 Å². The van der Waals surface area contributed by atoms with Crippen LogP contribution in [0.1, 0.15) is 22.8 Å². The van der Waals surface area contributed by atoms with Gasteiger partial charge in [-0.3, -0.25) is 9.59 Å². The molecule has 0 bridgehead atoms. The fraction of sp³-hybridized carbons (Fsp3) is 0.333. The maximum Gasteiger partial charge on any atom is 0.253 e. The fourth-order valence-electron chi connectivity index (χ4n) is 3.26. The Morgan fingerprint density at radius 2 is 1.89 bits per heavy atom. The first-order chi connectivity index (χ1) is 13.0. The Labute approximate surface area is 172 Å². The summed E-state index contributed by atoms with van der Waals surface area (Å²) < 4.78 is 0. The van der Waals surface area contributed by atoms with Crippen LogP contribution in [-0.4, -0.2) is 49.4 Å². The Balaban J connectivity index is 0.00000280. The van der Waals surface area contributed by atoms with Gasteiger partial charge in [0.1, 0.15) is 6.04 Å². The van der Waals surface area contributed by atoms with Crippen LogP contribution in [0.25, 0.3) is 0 Å². The van der Waals surface area contributed by atoms with Gasteiger partial charge in [-0.1, -0.05) is 30.3 Å². The first-order valence-corrected chi connectivity index (χ1v) is 9.22. The van der Waals surface area contributed by atoms with Crippen molar-refractivity contribution in [2.45, 2.75) is 19.4 Å². The Morgan fingerprint density at radius 1 is 1.18 bits per heavy atom. The highest BCUT2D eigenvalue weighted by molar-refractivity contribution is 6.05. The van der Waals surface area contributed by atoms with E-state index in [1.807, 2.05) is 49.2 Å². The molecule has 0 radical (unpaired) electrons. The lowest BCUT2D eigenvalue weighted by atomic mass is 10.1. The molecule has 28 heavy (non-hydrogen) atoms. The van der Waals surface area contributed by atoms with Crippen LogP contribution in [0.3, 0.4) is 0 Å². The highest BCUT2D eigenvalue weighted by atomic mass is 35.5. The molecule has 2 aromatic rings.